The monoisotopic (exact) mass is 374 g/mol. The third-order valence-electron chi connectivity index (χ3n) is 2.53. The molecule has 0 saturated heterocycles. The van der Waals surface area contributed by atoms with Crippen LogP contribution in [-0.4, -0.2) is 13.3 Å². The van der Waals surface area contributed by atoms with E-state index < -0.39 is 31.3 Å². The molecule has 0 heterocycles. The van der Waals surface area contributed by atoms with Gasteiger partial charge in [-0.1, -0.05) is 28.1 Å². The molecule has 2 rings (SSSR count). The van der Waals surface area contributed by atoms with Gasteiger partial charge in [-0.05, 0) is 24.3 Å². The summed E-state index contributed by atoms with van der Waals surface area (Å²) >= 11 is 3.05. The summed E-state index contributed by atoms with van der Waals surface area (Å²) in [6.45, 7) is 0. The summed E-state index contributed by atoms with van der Waals surface area (Å²) in [6.07, 6.45) is 0. The summed E-state index contributed by atoms with van der Waals surface area (Å²) in [4.78, 5) is 9.56. The Bertz CT molecular complexity index is 811. The van der Waals surface area contributed by atoms with E-state index in [0.29, 0.717) is 4.47 Å². The SMILES string of the molecule is O=[N+]([O-])c1ccc(Br)cc1S(=O)(=O)Nc1ccccc1F. The second-order valence-electron chi connectivity index (χ2n) is 3.95. The van der Waals surface area contributed by atoms with Crippen LogP contribution in [0.15, 0.2) is 51.8 Å². The molecule has 9 heteroatoms. The largest absolute Gasteiger partial charge is 0.289 e. The van der Waals surface area contributed by atoms with Gasteiger partial charge in [-0.25, -0.2) is 12.8 Å². The highest BCUT2D eigenvalue weighted by molar-refractivity contribution is 9.10. The number of sulfonamides is 1. The molecule has 0 unspecified atom stereocenters. The molecule has 0 spiro atoms. The van der Waals surface area contributed by atoms with Gasteiger partial charge in [-0.3, -0.25) is 14.8 Å². The molecule has 21 heavy (non-hydrogen) atoms. The summed E-state index contributed by atoms with van der Waals surface area (Å²) in [5.74, 6) is -0.779. The smallest absolute Gasteiger partial charge is 0.276 e. The van der Waals surface area contributed by atoms with Gasteiger partial charge in [0.2, 0.25) is 0 Å². The van der Waals surface area contributed by atoms with Crippen LogP contribution in [0, 0.1) is 15.9 Å². The van der Waals surface area contributed by atoms with Crippen molar-refractivity contribution in [3.63, 3.8) is 0 Å². The van der Waals surface area contributed by atoms with E-state index in [-0.39, 0.29) is 5.69 Å². The molecule has 110 valence electrons. The van der Waals surface area contributed by atoms with Gasteiger partial charge in [0.15, 0.2) is 4.90 Å². The van der Waals surface area contributed by atoms with Gasteiger partial charge in [0, 0.05) is 10.5 Å². The number of nitrogens with one attached hydrogen (secondary N) is 1. The lowest BCUT2D eigenvalue weighted by molar-refractivity contribution is -0.387. The number of nitro benzene ring substituents is 1. The number of para-hydroxylation sites is 1. The minimum absolute atomic E-state index is 0.285. The number of anilines is 1. The Morgan fingerprint density at radius 1 is 1.19 bits per heavy atom. The van der Waals surface area contributed by atoms with Crippen LogP contribution in [0.4, 0.5) is 15.8 Å². The van der Waals surface area contributed by atoms with E-state index >= 15 is 0 Å². The van der Waals surface area contributed by atoms with Crippen LogP contribution in [0.25, 0.3) is 0 Å². The summed E-state index contributed by atoms with van der Waals surface area (Å²) in [6, 6.07) is 8.62. The van der Waals surface area contributed by atoms with E-state index in [9.17, 15) is 22.9 Å². The predicted molar refractivity (Wildman–Crippen MR) is 78.0 cm³/mol. The van der Waals surface area contributed by atoms with Crippen molar-refractivity contribution in [2.75, 3.05) is 4.72 Å². The maximum absolute atomic E-state index is 13.5. The fraction of sp³-hybridized carbons (Fsp3) is 0. The molecule has 0 amide bonds. The first-order chi connectivity index (χ1) is 9.81. The van der Waals surface area contributed by atoms with E-state index in [1.165, 1.54) is 24.3 Å². The number of hydrogen-bond donors (Lipinski definition) is 1. The average molecular weight is 375 g/mol. The lowest BCUT2D eigenvalue weighted by Gasteiger charge is -2.09. The van der Waals surface area contributed by atoms with Crippen molar-refractivity contribution in [1.82, 2.24) is 0 Å². The molecule has 0 fully saturated rings. The number of rotatable bonds is 4. The first-order valence-corrected chi connectivity index (χ1v) is 7.80. The molecule has 1 N–H and O–H groups in total. The van der Waals surface area contributed by atoms with Crippen LogP contribution in [-0.2, 0) is 10.0 Å². The zero-order valence-corrected chi connectivity index (χ0v) is 12.7. The maximum Gasteiger partial charge on any atom is 0.289 e. The molecule has 0 aliphatic heterocycles. The second kappa shape index (κ2) is 5.78. The molecule has 0 aliphatic carbocycles. The fourth-order valence-electron chi connectivity index (χ4n) is 1.60. The van der Waals surface area contributed by atoms with Crippen molar-refractivity contribution in [3.05, 3.63) is 62.9 Å². The number of nitrogens with zero attached hydrogens (tertiary/aromatic N) is 1. The van der Waals surface area contributed by atoms with Gasteiger partial charge in [0.05, 0.1) is 10.6 Å². The summed E-state index contributed by atoms with van der Waals surface area (Å²) in [5, 5.41) is 10.9. The molecule has 0 atom stereocenters. The highest BCUT2D eigenvalue weighted by Gasteiger charge is 2.26. The highest BCUT2D eigenvalue weighted by Crippen LogP contribution is 2.29. The Morgan fingerprint density at radius 3 is 2.48 bits per heavy atom. The fourth-order valence-corrected chi connectivity index (χ4v) is 3.38. The molecular weight excluding hydrogens is 367 g/mol. The van der Waals surface area contributed by atoms with E-state index in [2.05, 4.69) is 15.9 Å². The third kappa shape index (κ3) is 3.37. The Labute approximate surface area is 127 Å². The number of benzene rings is 2. The number of halogens is 2. The van der Waals surface area contributed by atoms with E-state index in [4.69, 9.17) is 0 Å². The predicted octanol–water partition coefficient (Wildman–Crippen LogP) is 3.30. The van der Waals surface area contributed by atoms with Gasteiger partial charge in [0.25, 0.3) is 15.7 Å². The van der Waals surface area contributed by atoms with Crippen molar-refractivity contribution >= 4 is 37.3 Å². The third-order valence-corrected chi connectivity index (χ3v) is 4.41. The number of hydrogen-bond acceptors (Lipinski definition) is 4. The summed E-state index contributed by atoms with van der Waals surface area (Å²) in [7, 11) is -4.30. The molecule has 0 saturated carbocycles. The zero-order valence-electron chi connectivity index (χ0n) is 10.3. The standard InChI is InChI=1S/C12H8BrFN2O4S/c13-8-5-6-11(16(17)18)12(7-8)21(19,20)15-10-4-2-1-3-9(10)14/h1-7,15H. The Kier molecular flexibility index (Phi) is 4.24. The van der Waals surface area contributed by atoms with Gasteiger partial charge in [0.1, 0.15) is 5.82 Å². The zero-order chi connectivity index (χ0) is 15.6. The van der Waals surface area contributed by atoms with Crippen LogP contribution >= 0.6 is 15.9 Å². The molecule has 2 aromatic carbocycles. The van der Waals surface area contributed by atoms with Crippen LogP contribution < -0.4 is 4.72 Å². The van der Waals surface area contributed by atoms with Gasteiger partial charge in [-0.2, -0.15) is 0 Å². The van der Waals surface area contributed by atoms with Gasteiger partial charge in [-0.15, -0.1) is 0 Å². The van der Waals surface area contributed by atoms with Crippen LogP contribution in [0.5, 0.6) is 0 Å². The van der Waals surface area contributed by atoms with Crippen molar-refractivity contribution in [2.45, 2.75) is 4.90 Å². The molecule has 0 aromatic heterocycles. The lowest BCUT2D eigenvalue weighted by Crippen LogP contribution is -2.15. The minimum Gasteiger partial charge on any atom is -0.276 e. The van der Waals surface area contributed by atoms with Gasteiger partial charge < -0.3 is 0 Å². The quantitative estimate of drug-likeness (QED) is 0.656. The first-order valence-electron chi connectivity index (χ1n) is 5.52. The molecule has 6 nitrogen and oxygen atoms in total. The second-order valence-corrected chi connectivity index (χ2v) is 6.52. The Hall–Kier alpha value is -2.00. The van der Waals surface area contributed by atoms with Crippen LogP contribution in [0.3, 0.4) is 0 Å². The minimum atomic E-state index is -4.30. The molecule has 2 aromatic rings. The summed E-state index contributed by atoms with van der Waals surface area (Å²) in [5.41, 5.74) is -0.881. The van der Waals surface area contributed by atoms with Crippen molar-refractivity contribution in [2.24, 2.45) is 0 Å². The van der Waals surface area contributed by atoms with Gasteiger partial charge >= 0.3 is 0 Å². The van der Waals surface area contributed by atoms with Crippen LogP contribution in [0.2, 0.25) is 0 Å². The van der Waals surface area contributed by atoms with E-state index in [0.717, 1.165) is 18.2 Å². The van der Waals surface area contributed by atoms with Crippen LogP contribution in [0.1, 0.15) is 0 Å². The summed E-state index contributed by atoms with van der Waals surface area (Å²) < 4.78 is 40.3. The number of nitro groups is 1. The van der Waals surface area contributed by atoms with Crippen molar-refractivity contribution < 1.29 is 17.7 Å². The first kappa shape index (κ1) is 15.4. The van der Waals surface area contributed by atoms with E-state index in [1.807, 2.05) is 4.72 Å². The van der Waals surface area contributed by atoms with E-state index in [1.54, 1.807) is 0 Å². The Balaban J connectivity index is 2.52. The highest BCUT2D eigenvalue weighted by atomic mass is 79.9. The molecular formula is C12H8BrFN2O4S. The average Bonchev–Trinajstić information content (AvgIpc) is 2.41. The lowest BCUT2D eigenvalue weighted by atomic mass is 10.3. The topological polar surface area (TPSA) is 89.3 Å². The van der Waals surface area contributed by atoms with Crippen molar-refractivity contribution in [1.29, 1.82) is 0 Å². The van der Waals surface area contributed by atoms with Crippen molar-refractivity contribution in [3.8, 4) is 0 Å². The molecule has 0 radical (unpaired) electrons. The molecule has 0 bridgehead atoms. The normalized spacial score (nSPS) is 11.1. The Morgan fingerprint density at radius 2 is 1.86 bits per heavy atom. The maximum atomic E-state index is 13.5. The molecule has 0 aliphatic rings.